The molecule has 0 atom stereocenters. The maximum atomic E-state index is 11.2. The summed E-state index contributed by atoms with van der Waals surface area (Å²) in [4.78, 5) is 27.4. The van der Waals surface area contributed by atoms with Crippen molar-refractivity contribution in [3.63, 3.8) is 0 Å². The Labute approximate surface area is 120 Å². The maximum Gasteiger partial charge on any atom is 0.352 e. The van der Waals surface area contributed by atoms with Crippen LogP contribution < -0.4 is 0 Å². The summed E-state index contributed by atoms with van der Waals surface area (Å²) in [5, 5.41) is 19.8. The van der Waals surface area contributed by atoms with Crippen molar-refractivity contribution in [1.82, 2.24) is 14.3 Å². The lowest BCUT2D eigenvalue weighted by atomic mass is 10.3. The number of nitro groups is 1. The molecule has 0 saturated heterocycles. The summed E-state index contributed by atoms with van der Waals surface area (Å²) < 4.78 is 1.44. The predicted octanol–water partition coefficient (Wildman–Crippen LogP) is 1.54. The monoisotopic (exact) mass is 292 g/mol. The first-order valence-corrected chi connectivity index (χ1v) is 6.49. The average Bonchev–Trinajstić information content (AvgIpc) is 2.75. The molecule has 0 aliphatic rings. The number of aliphatic carboxylic acids is 1. The third kappa shape index (κ3) is 3.54. The van der Waals surface area contributed by atoms with Gasteiger partial charge in [-0.2, -0.15) is 4.40 Å². The van der Waals surface area contributed by atoms with Gasteiger partial charge >= 0.3 is 11.8 Å². The molecule has 0 aromatic carbocycles. The van der Waals surface area contributed by atoms with Gasteiger partial charge in [-0.1, -0.05) is 6.07 Å². The molecule has 0 bridgehead atoms. The van der Waals surface area contributed by atoms with Crippen LogP contribution in [0.5, 0.6) is 0 Å². The van der Waals surface area contributed by atoms with Crippen LogP contribution in [0.25, 0.3) is 5.65 Å². The molecule has 2 heterocycles. The SMILES string of the molecule is CN(CCCC(=O)O)Cc1nc2ccccn2c1[N+](=O)[O-]. The molecule has 112 valence electrons. The molecule has 0 fully saturated rings. The summed E-state index contributed by atoms with van der Waals surface area (Å²) in [6.45, 7) is 0.842. The van der Waals surface area contributed by atoms with Crippen LogP contribution in [0.4, 0.5) is 5.82 Å². The molecule has 1 N–H and O–H groups in total. The number of rotatable bonds is 7. The van der Waals surface area contributed by atoms with Crippen LogP contribution in [0.2, 0.25) is 0 Å². The van der Waals surface area contributed by atoms with Gasteiger partial charge in [-0.15, -0.1) is 0 Å². The average molecular weight is 292 g/mol. The minimum Gasteiger partial charge on any atom is -0.481 e. The molecule has 0 aliphatic carbocycles. The van der Waals surface area contributed by atoms with Crippen molar-refractivity contribution in [2.24, 2.45) is 0 Å². The van der Waals surface area contributed by atoms with E-state index in [9.17, 15) is 14.9 Å². The van der Waals surface area contributed by atoms with Crippen LogP contribution in [0.3, 0.4) is 0 Å². The standard InChI is InChI=1S/C13H16N4O4/c1-15(7-4-6-12(18)19)9-10-13(17(20)21)16-8-3-2-5-11(16)14-10/h2-3,5,8H,4,6-7,9H2,1H3,(H,18,19). The second-order valence-electron chi connectivity index (χ2n) is 4.80. The van der Waals surface area contributed by atoms with Gasteiger partial charge in [0.1, 0.15) is 0 Å². The van der Waals surface area contributed by atoms with Crippen molar-refractivity contribution in [1.29, 1.82) is 0 Å². The fourth-order valence-corrected chi connectivity index (χ4v) is 2.17. The Hall–Kier alpha value is -2.48. The molecule has 0 radical (unpaired) electrons. The van der Waals surface area contributed by atoms with Gasteiger partial charge in [0, 0.05) is 19.0 Å². The fraction of sp³-hybridized carbons (Fsp3) is 0.385. The van der Waals surface area contributed by atoms with E-state index in [0.29, 0.717) is 30.9 Å². The van der Waals surface area contributed by atoms with Gasteiger partial charge in [0.2, 0.25) is 5.65 Å². The van der Waals surface area contributed by atoms with Crippen molar-refractivity contribution in [2.45, 2.75) is 19.4 Å². The number of carbonyl (C=O) groups is 1. The number of carboxylic acid groups (broad SMARTS) is 1. The molecule has 2 rings (SSSR count). The topological polar surface area (TPSA) is 101 Å². The smallest absolute Gasteiger partial charge is 0.352 e. The van der Waals surface area contributed by atoms with E-state index in [-0.39, 0.29) is 12.2 Å². The van der Waals surface area contributed by atoms with Crippen LogP contribution in [-0.2, 0) is 11.3 Å². The molecule has 2 aromatic rings. The highest BCUT2D eigenvalue weighted by molar-refractivity contribution is 5.66. The molecular formula is C13H16N4O4. The lowest BCUT2D eigenvalue weighted by Crippen LogP contribution is -2.20. The largest absolute Gasteiger partial charge is 0.481 e. The van der Waals surface area contributed by atoms with Crippen LogP contribution in [0.1, 0.15) is 18.5 Å². The van der Waals surface area contributed by atoms with Gasteiger partial charge in [-0.3, -0.25) is 4.79 Å². The Morgan fingerprint density at radius 3 is 2.95 bits per heavy atom. The summed E-state index contributed by atoms with van der Waals surface area (Å²) in [5.41, 5.74) is 0.905. The van der Waals surface area contributed by atoms with Crippen LogP contribution in [0, 0.1) is 10.1 Å². The van der Waals surface area contributed by atoms with Gasteiger partial charge in [0.05, 0.1) is 6.20 Å². The summed E-state index contributed by atoms with van der Waals surface area (Å²) >= 11 is 0. The van der Waals surface area contributed by atoms with Crippen molar-refractivity contribution in [2.75, 3.05) is 13.6 Å². The van der Waals surface area contributed by atoms with Crippen molar-refractivity contribution >= 4 is 17.4 Å². The number of hydrogen-bond acceptors (Lipinski definition) is 5. The third-order valence-corrected chi connectivity index (χ3v) is 3.10. The number of aromatic nitrogens is 2. The zero-order valence-electron chi connectivity index (χ0n) is 11.6. The Bertz CT molecular complexity index is 667. The molecule has 0 saturated carbocycles. The zero-order chi connectivity index (χ0) is 15.4. The van der Waals surface area contributed by atoms with E-state index in [2.05, 4.69) is 4.98 Å². The number of imidazole rings is 1. The van der Waals surface area contributed by atoms with Crippen molar-refractivity contribution in [3.8, 4) is 0 Å². The van der Waals surface area contributed by atoms with E-state index < -0.39 is 10.9 Å². The van der Waals surface area contributed by atoms with Crippen molar-refractivity contribution < 1.29 is 14.8 Å². The van der Waals surface area contributed by atoms with E-state index in [1.807, 2.05) is 4.90 Å². The highest BCUT2D eigenvalue weighted by Gasteiger charge is 2.22. The van der Waals surface area contributed by atoms with E-state index in [1.54, 1.807) is 31.4 Å². The molecule has 21 heavy (non-hydrogen) atoms. The summed E-state index contributed by atoms with van der Waals surface area (Å²) in [6.07, 6.45) is 2.18. The molecule has 8 heteroatoms. The molecule has 0 amide bonds. The molecule has 8 nitrogen and oxygen atoms in total. The first-order valence-electron chi connectivity index (χ1n) is 6.49. The predicted molar refractivity (Wildman–Crippen MR) is 75.1 cm³/mol. The first kappa shape index (κ1) is 14.9. The normalized spacial score (nSPS) is 11.1. The van der Waals surface area contributed by atoms with E-state index in [4.69, 9.17) is 5.11 Å². The highest BCUT2D eigenvalue weighted by atomic mass is 16.6. The Balaban J connectivity index is 2.16. The van der Waals surface area contributed by atoms with Crippen molar-refractivity contribution in [3.05, 3.63) is 40.2 Å². The lowest BCUT2D eigenvalue weighted by Gasteiger charge is -2.14. The minimum absolute atomic E-state index is 0.0457. The van der Waals surface area contributed by atoms with E-state index in [0.717, 1.165) is 0 Å². The molecule has 0 unspecified atom stereocenters. The molecule has 0 spiro atoms. The third-order valence-electron chi connectivity index (χ3n) is 3.10. The quantitative estimate of drug-likeness (QED) is 0.613. The number of nitrogens with zero attached hydrogens (tertiary/aromatic N) is 4. The van der Waals surface area contributed by atoms with E-state index >= 15 is 0 Å². The van der Waals surface area contributed by atoms with E-state index in [1.165, 1.54) is 4.40 Å². The highest BCUT2D eigenvalue weighted by Crippen LogP contribution is 2.21. The second kappa shape index (κ2) is 6.31. The number of carboxylic acids is 1. The summed E-state index contributed by atoms with van der Waals surface area (Å²) in [6, 6.07) is 5.19. The molecule has 0 aliphatic heterocycles. The summed E-state index contributed by atoms with van der Waals surface area (Å²) in [7, 11) is 1.79. The first-order chi connectivity index (χ1) is 9.99. The van der Waals surface area contributed by atoms with Gasteiger partial charge in [-0.05, 0) is 31.0 Å². The zero-order valence-corrected chi connectivity index (χ0v) is 11.6. The Kier molecular flexibility index (Phi) is 4.49. The molecular weight excluding hydrogens is 276 g/mol. The Morgan fingerprint density at radius 2 is 2.29 bits per heavy atom. The van der Waals surface area contributed by atoms with Crippen LogP contribution >= 0.6 is 0 Å². The minimum atomic E-state index is -0.845. The number of hydrogen-bond donors (Lipinski definition) is 1. The Morgan fingerprint density at radius 1 is 1.52 bits per heavy atom. The van der Waals surface area contributed by atoms with Gasteiger partial charge in [0.25, 0.3) is 0 Å². The van der Waals surface area contributed by atoms with Crippen LogP contribution in [0.15, 0.2) is 24.4 Å². The second-order valence-corrected chi connectivity index (χ2v) is 4.80. The maximum absolute atomic E-state index is 11.2. The van der Waals surface area contributed by atoms with Crippen LogP contribution in [-0.4, -0.2) is 43.9 Å². The molecule has 2 aromatic heterocycles. The number of pyridine rings is 1. The summed E-state index contributed by atoms with van der Waals surface area (Å²) in [5.74, 6) is -0.891. The van der Waals surface area contributed by atoms with Gasteiger partial charge in [0.15, 0.2) is 5.69 Å². The van der Waals surface area contributed by atoms with Gasteiger partial charge < -0.3 is 20.1 Å². The fourth-order valence-electron chi connectivity index (χ4n) is 2.17. The van der Waals surface area contributed by atoms with Gasteiger partial charge in [-0.25, -0.2) is 4.98 Å². The number of fused-ring (bicyclic) bond motifs is 1. The lowest BCUT2D eigenvalue weighted by molar-refractivity contribution is -0.391.